The fourth-order valence-electron chi connectivity index (χ4n) is 3.50. The van der Waals surface area contributed by atoms with E-state index in [9.17, 15) is 18.5 Å². The average Bonchev–Trinajstić information content (AvgIpc) is 2.62. The molecule has 0 aromatic heterocycles. The highest BCUT2D eigenvalue weighted by Crippen LogP contribution is 2.33. The normalized spacial score (nSPS) is 20.4. The molecule has 0 atom stereocenters. The van der Waals surface area contributed by atoms with Gasteiger partial charge in [-0.25, -0.2) is 8.42 Å². The minimum atomic E-state index is -3.81. The third-order valence-corrected chi connectivity index (χ3v) is 6.87. The van der Waals surface area contributed by atoms with Gasteiger partial charge in [0.05, 0.1) is 23.8 Å². The Morgan fingerprint density at radius 1 is 0.962 bits per heavy atom. The van der Waals surface area contributed by atoms with Gasteiger partial charge >= 0.3 is 0 Å². The highest BCUT2D eigenvalue weighted by Gasteiger charge is 2.31. The van der Waals surface area contributed by atoms with Gasteiger partial charge in [-0.1, -0.05) is 19.3 Å². The summed E-state index contributed by atoms with van der Waals surface area (Å²) in [4.78, 5) is 12.8. The van der Waals surface area contributed by atoms with E-state index in [4.69, 9.17) is 4.74 Å². The number of anilines is 1. The van der Waals surface area contributed by atoms with Crippen molar-refractivity contribution < 1.29 is 18.1 Å². The van der Waals surface area contributed by atoms with E-state index in [1.165, 1.54) is 22.9 Å². The number of hydrogen-bond donors (Lipinski definition) is 0. The molecule has 0 bridgehead atoms. The molecule has 2 heterocycles. The first-order valence-corrected chi connectivity index (χ1v) is 10.6. The van der Waals surface area contributed by atoms with E-state index < -0.39 is 14.9 Å². The van der Waals surface area contributed by atoms with Gasteiger partial charge in [0.25, 0.3) is 5.69 Å². The van der Waals surface area contributed by atoms with Gasteiger partial charge < -0.3 is 9.64 Å². The summed E-state index contributed by atoms with van der Waals surface area (Å²) in [5.41, 5.74) is 0.372. The number of rotatable bonds is 4. The number of sulfonamides is 1. The molecule has 0 amide bonds. The zero-order valence-electron chi connectivity index (χ0n) is 14.8. The van der Waals surface area contributed by atoms with Gasteiger partial charge in [-0.15, -0.1) is 0 Å². The van der Waals surface area contributed by atoms with Gasteiger partial charge in [-0.05, 0) is 18.9 Å². The maximum absolute atomic E-state index is 13.2. The molecule has 9 heteroatoms. The zero-order chi connectivity index (χ0) is 18.6. The van der Waals surface area contributed by atoms with Gasteiger partial charge in [-0.2, -0.15) is 4.31 Å². The monoisotopic (exact) mass is 383 g/mol. The van der Waals surface area contributed by atoms with Crippen molar-refractivity contribution in [3.8, 4) is 0 Å². The maximum atomic E-state index is 13.2. The largest absolute Gasteiger partial charge is 0.379 e. The fraction of sp³-hybridized carbons (Fsp3) is 0.647. The highest BCUT2D eigenvalue weighted by molar-refractivity contribution is 7.89. The predicted molar refractivity (Wildman–Crippen MR) is 98.0 cm³/mol. The van der Waals surface area contributed by atoms with Gasteiger partial charge in [0.2, 0.25) is 10.0 Å². The average molecular weight is 383 g/mol. The minimum absolute atomic E-state index is 0.0363. The number of nitro groups is 1. The zero-order valence-corrected chi connectivity index (χ0v) is 15.6. The van der Waals surface area contributed by atoms with E-state index >= 15 is 0 Å². The number of hydrogen-bond acceptors (Lipinski definition) is 6. The van der Waals surface area contributed by atoms with E-state index in [0.29, 0.717) is 18.9 Å². The summed E-state index contributed by atoms with van der Waals surface area (Å²) in [6.07, 6.45) is 5.43. The molecule has 3 rings (SSSR count). The van der Waals surface area contributed by atoms with Crippen LogP contribution in [0.2, 0.25) is 0 Å². The molecule has 0 spiro atoms. The summed E-state index contributed by atoms with van der Waals surface area (Å²) in [5, 5.41) is 11.2. The first-order valence-electron chi connectivity index (χ1n) is 9.11. The number of ether oxygens (including phenoxy) is 1. The highest BCUT2D eigenvalue weighted by atomic mass is 32.2. The van der Waals surface area contributed by atoms with Gasteiger partial charge in [0.1, 0.15) is 4.90 Å². The SMILES string of the molecule is O=[N+]([O-])c1ccc(N2CCCCCCC2)c(S(=O)(=O)N2CCOCC2)c1. The van der Waals surface area contributed by atoms with Crippen LogP contribution in [0.5, 0.6) is 0 Å². The van der Waals surface area contributed by atoms with Gasteiger partial charge in [0.15, 0.2) is 0 Å². The van der Waals surface area contributed by atoms with Gasteiger partial charge in [0, 0.05) is 38.3 Å². The Morgan fingerprint density at radius 2 is 1.58 bits per heavy atom. The number of benzene rings is 1. The second kappa shape index (κ2) is 8.32. The van der Waals surface area contributed by atoms with Crippen molar-refractivity contribution in [2.24, 2.45) is 0 Å². The number of morpholine rings is 1. The van der Waals surface area contributed by atoms with Crippen LogP contribution in [0.15, 0.2) is 23.1 Å². The molecule has 1 aromatic rings. The first-order chi connectivity index (χ1) is 12.5. The molecule has 0 N–H and O–H groups in total. The standard InChI is InChI=1S/C17H25N3O5S/c21-20(22)15-6-7-16(18-8-4-2-1-3-5-9-18)17(14-15)26(23,24)19-10-12-25-13-11-19/h6-7,14H,1-5,8-13H2. The van der Waals surface area contributed by atoms with Crippen LogP contribution in [0.1, 0.15) is 32.1 Å². The van der Waals surface area contributed by atoms with Crippen LogP contribution >= 0.6 is 0 Å². The molecule has 144 valence electrons. The smallest absolute Gasteiger partial charge is 0.270 e. The molecule has 0 aliphatic carbocycles. The molecule has 1 aromatic carbocycles. The van der Waals surface area contributed by atoms with E-state index in [-0.39, 0.29) is 23.7 Å². The van der Waals surface area contributed by atoms with Crippen LogP contribution in [0.4, 0.5) is 11.4 Å². The lowest BCUT2D eigenvalue weighted by atomic mass is 10.1. The van der Waals surface area contributed by atoms with Crippen molar-refractivity contribution in [3.05, 3.63) is 28.3 Å². The number of nitrogens with zero attached hydrogens (tertiary/aromatic N) is 3. The van der Waals surface area contributed by atoms with E-state index in [0.717, 1.165) is 38.8 Å². The Morgan fingerprint density at radius 3 is 2.19 bits per heavy atom. The van der Waals surface area contributed by atoms with E-state index in [2.05, 4.69) is 4.90 Å². The fourth-order valence-corrected chi connectivity index (χ4v) is 5.14. The molecule has 8 nitrogen and oxygen atoms in total. The summed E-state index contributed by atoms with van der Waals surface area (Å²) >= 11 is 0. The van der Waals surface area contributed by atoms with Crippen molar-refractivity contribution in [2.45, 2.75) is 37.0 Å². The van der Waals surface area contributed by atoms with Crippen LogP contribution in [0.3, 0.4) is 0 Å². The van der Waals surface area contributed by atoms with Crippen molar-refractivity contribution in [1.82, 2.24) is 4.31 Å². The Hall–Kier alpha value is -1.71. The lowest BCUT2D eigenvalue weighted by Crippen LogP contribution is -2.41. The maximum Gasteiger partial charge on any atom is 0.270 e. The van der Waals surface area contributed by atoms with E-state index in [1.54, 1.807) is 6.07 Å². The summed E-state index contributed by atoms with van der Waals surface area (Å²) in [6, 6.07) is 4.19. The second-order valence-corrected chi connectivity index (χ2v) is 8.59. The van der Waals surface area contributed by atoms with E-state index in [1.807, 2.05) is 0 Å². The van der Waals surface area contributed by atoms with Crippen LogP contribution in [-0.4, -0.2) is 57.0 Å². The Balaban J connectivity index is 2.02. The molecule has 2 fully saturated rings. The van der Waals surface area contributed by atoms with Gasteiger partial charge in [-0.3, -0.25) is 10.1 Å². The van der Waals surface area contributed by atoms with Crippen LogP contribution in [0, 0.1) is 10.1 Å². The third kappa shape index (κ3) is 4.16. The minimum Gasteiger partial charge on any atom is -0.379 e. The molecular formula is C17H25N3O5S. The van der Waals surface area contributed by atoms with Crippen LogP contribution in [-0.2, 0) is 14.8 Å². The Bertz CT molecular complexity index is 739. The molecule has 0 saturated carbocycles. The number of non-ortho nitro benzene ring substituents is 1. The topological polar surface area (TPSA) is 93.0 Å². The molecule has 2 aliphatic heterocycles. The summed E-state index contributed by atoms with van der Waals surface area (Å²) in [6.45, 7) is 2.75. The quantitative estimate of drug-likeness (QED) is 0.585. The van der Waals surface area contributed by atoms with Crippen molar-refractivity contribution in [2.75, 3.05) is 44.3 Å². The van der Waals surface area contributed by atoms with Crippen molar-refractivity contribution in [1.29, 1.82) is 0 Å². The van der Waals surface area contributed by atoms with Crippen LogP contribution < -0.4 is 4.90 Å². The molecular weight excluding hydrogens is 358 g/mol. The molecule has 0 unspecified atom stereocenters. The summed E-state index contributed by atoms with van der Waals surface area (Å²) < 4.78 is 33.0. The second-order valence-electron chi connectivity index (χ2n) is 6.68. The Kier molecular flexibility index (Phi) is 6.10. The molecule has 26 heavy (non-hydrogen) atoms. The summed E-state index contributed by atoms with van der Waals surface area (Å²) in [5.74, 6) is 0. The van der Waals surface area contributed by atoms with Crippen molar-refractivity contribution in [3.63, 3.8) is 0 Å². The first kappa shape index (κ1) is 19.1. The molecule has 2 saturated heterocycles. The van der Waals surface area contributed by atoms with Crippen molar-refractivity contribution >= 4 is 21.4 Å². The third-order valence-electron chi connectivity index (χ3n) is 4.94. The summed E-state index contributed by atoms with van der Waals surface area (Å²) in [7, 11) is -3.81. The lowest BCUT2D eigenvalue weighted by Gasteiger charge is -2.31. The predicted octanol–water partition coefficient (Wildman–Crippen LogP) is 2.39. The number of nitro benzene ring substituents is 1. The molecule has 0 radical (unpaired) electrons. The Labute approximate surface area is 153 Å². The molecule has 2 aliphatic rings. The lowest BCUT2D eigenvalue weighted by molar-refractivity contribution is -0.385. The van der Waals surface area contributed by atoms with Crippen LogP contribution in [0.25, 0.3) is 0 Å².